The van der Waals surface area contributed by atoms with Crippen LogP contribution in [0.15, 0.2) is 96.2 Å². The lowest BCUT2D eigenvalue weighted by Gasteiger charge is -2.22. The Hall–Kier alpha value is -3.58. The van der Waals surface area contributed by atoms with E-state index in [0.717, 1.165) is 16.7 Å². The third-order valence-corrected chi connectivity index (χ3v) is 5.96. The van der Waals surface area contributed by atoms with Crippen LogP contribution in [0.2, 0.25) is 0 Å². The van der Waals surface area contributed by atoms with E-state index in [1.54, 1.807) is 0 Å². The monoisotopic (exact) mass is 429 g/mol. The van der Waals surface area contributed by atoms with E-state index in [1.807, 2.05) is 97.9 Å². The van der Waals surface area contributed by atoms with Crippen LogP contribution in [0.1, 0.15) is 24.1 Å². The Morgan fingerprint density at radius 3 is 1.94 bits per heavy atom. The number of nitrogen functional groups attached to an aromatic ring is 1. The summed E-state index contributed by atoms with van der Waals surface area (Å²) in [7, 11) is 0. The van der Waals surface area contributed by atoms with Gasteiger partial charge in [-0.25, -0.2) is 4.68 Å². The van der Waals surface area contributed by atoms with E-state index in [1.165, 1.54) is 16.4 Å². The van der Waals surface area contributed by atoms with E-state index >= 15 is 0 Å². The first-order valence-electron chi connectivity index (χ1n) is 9.96. The summed E-state index contributed by atoms with van der Waals surface area (Å²) in [6, 6.07) is 29.2. The van der Waals surface area contributed by atoms with Crippen molar-refractivity contribution in [3.63, 3.8) is 0 Å². The Morgan fingerprint density at radius 1 is 0.871 bits per heavy atom. The van der Waals surface area contributed by atoms with Crippen molar-refractivity contribution < 1.29 is 4.79 Å². The highest BCUT2D eigenvalue weighted by atomic mass is 32.2. The standard InChI is InChI=1S/C24H23N5OS/c1-17(31-24-28-27-22(29(24)25)20-15-9-4-10-16-20)23(30)26-21(18-11-5-2-6-12-18)19-13-7-3-8-14-19/h2-17,21H,25H2,1H3,(H,26,30). The van der Waals surface area contributed by atoms with Gasteiger partial charge in [0.05, 0.1) is 11.3 Å². The van der Waals surface area contributed by atoms with Crippen molar-refractivity contribution in [1.82, 2.24) is 20.2 Å². The lowest BCUT2D eigenvalue weighted by atomic mass is 9.98. The predicted molar refractivity (Wildman–Crippen MR) is 124 cm³/mol. The first-order chi connectivity index (χ1) is 15.1. The molecule has 1 atom stereocenters. The highest BCUT2D eigenvalue weighted by Crippen LogP contribution is 2.27. The van der Waals surface area contributed by atoms with Gasteiger partial charge in [0.15, 0.2) is 5.82 Å². The molecule has 1 amide bonds. The van der Waals surface area contributed by atoms with E-state index < -0.39 is 5.25 Å². The van der Waals surface area contributed by atoms with Gasteiger partial charge in [0.25, 0.3) is 0 Å². The Labute approximate surface area is 185 Å². The zero-order valence-corrected chi connectivity index (χ0v) is 17.9. The molecule has 0 radical (unpaired) electrons. The van der Waals surface area contributed by atoms with Crippen LogP contribution in [-0.4, -0.2) is 26.0 Å². The van der Waals surface area contributed by atoms with Gasteiger partial charge in [0.1, 0.15) is 0 Å². The summed E-state index contributed by atoms with van der Waals surface area (Å²) in [5.74, 6) is 6.66. The van der Waals surface area contributed by atoms with Gasteiger partial charge in [0.2, 0.25) is 11.1 Å². The molecule has 0 aliphatic rings. The summed E-state index contributed by atoms with van der Waals surface area (Å²) in [5.41, 5.74) is 2.91. The van der Waals surface area contributed by atoms with Crippen LogP contribution < -0.4 is 11.2 Å². The summed E-state index contributed by atoms with van der Waals surface area (Å²) in [6.07, 6.45) is 0. The molecule has 156 valence electrons. The molecular formula is C24H23N5OS. The van der Waals surface area contributed by atoms with Crippen LogP contribution in [0.5, 0.6) is 0 Å². The quantitative estimate of drug-likeness (QED) is 0.342. The number of nitrogens with one attached hydrogen (secondary N) is 1. The van der Waals surface area contributed by atoms with E-state index in [2.05, 4.69) is 15.5 Å². The van der Waals surface area contributed by atoms with Gasteiger partial charge < -0.3 is 11.2 Å². The van der Waals surface area contributed by atoms with Crippen molar-refractivity contribution >= 4 is 17.7 Å². The molecular weight excluding hydrogens is 406 g/mol. The number of thioether (sulfide) groups is 1. The van der Waals surface area contributed by atoms with E-state index in [9.17, 15) is 4.79 Å². The molecule has 4 rings (SSSR count). The Kier molecular flexibility index (Phi) is 6.33. The van der Waals surface area contributed by atoms with Crippen molar-refractivity contribution in [2.24, 2.45) is 0 Å². The SMILES string of the molecule is CC(Sc1nnc(-c2ccccc2)n1N)C(=O)NC(c1ccccc1)c1ccccc1. The van der Waals surface area contributed by atoms with Crippen LogP contribution in [0, 0.1) is 0 Å². The highest BCUT2D eigenvalue weighted by Gasteiger charge is 2.23. The first-order valence-corrected chi connectivity index (χ1v) is 10.8. The molecule has 1 unspecified atom stereocenters. The van der Waals surface area contributed by atoms with Crippen molar-refractivity contribution in [3.8, 4) is 11.4 Å². The van der Waals surface area contributed by atoms with Crippen LogP contribution in [0.4, 0.5) is 0 Å². The van der Waals surface area contributed by atoms with E-state index in [0.29, 0.717) is 11.0 Å². The molecule has 0 saturated heterocycles. The molecule has 3 aromatic carbocycles. The summed E-state index contributed by atoms with van der Waals surface area (Å²) in [5, 5.41) is 11.6. The maximum Gasteiger partial charge on any atom is 0.234 e. The average Bonchev–Trinajstić information content (AvgIpc) is 3.19. The molecule has 1 heterocycles. The van der Waals surface area contributed by atoms with Gasteiger partial charge in [-0.15, -0.1) is 10.2 Å². The number of hydrogen-bond acceptors (Lipinski definition) is 5. The molecule has 6 nitrogen and oxygen atoms in total. The lowest BCUT2D eigenvalue weighted by Crippen LogP contribution is -2.35. The molecule has 7 heteroatoms. The van der Waals surface area contributed by atoms with Crippen molar-refractivity contribution in [3.05, 3.63) is 102 Å². The second kappa shape index (κ2) is 9.49. The second-order valence-electron chi connectivity index (χ2n) is 7.07. The molecule has 4 aromatic rings. The summed E-state index contributed by atoms with van der Waals surface area (Å²) in [4.78, 5) is 13.1. The molecule has 3 N–H and O–H groups in total. The summed E-state index contributed by atoms with van der Waals surface area (Å²) >= 11 is 1.28. The summed E-state index contributed by atoms with van der Waals surface area (Å²) in [6.45, 7) is 1.84. The van der Waals surface area contributed by atoms with Gasteiger partial charge >= 0.3 is 0 Å². The van der Waals surface area contributed by atoms with Crippen LogP contribution in [-0.2, 0) is 4.79 Å². The van der Waals surface area contributed by atoms with Crippen LogP contribution >= 0.6 is 11.8 Å². The van der Waals surface area contributed by atoms with E-state index in [-0.39, 0.29) is 11.9 Å². The Balaban J connectivity index is 1.51. The first kappa shape index (κ1) is 20.7. The Bertz CT molecular complexity index is 1090. The number of hydrogen-bond donors (Lipinski definition) is 2. The zero-order valence-electron chi connectivity index (χ0n) is 17.1. The predicted octanol–water partition coefficient (Wildman–Crippen LogP) is 4.05. The van der Waals surface area contributed by atoms with Crippen molar-refractivity contribution in [1.29, 1.82) is 0 Å². The number of amides is 1. The van der Waals surface area contributed by atoms with Gasteiger partial charge in [-0.05, 0) is 18.1 Å². The molecule has 0 fully saturated rings. The molecule has 0 aliphatic carbocycles. The van der Waals surface area contributed by atoms with Crippen molar-refractivity contribution in [2.75, 3.05) is 5.84 Å². The fourth-order valence-corrected chi connectivity index (χ4v) is 4.04. The average molecular weight is 430 g/mol. The fraction of sp³-hybridized carbons (Fsp3) is 0.125. The normalized spacial score (nSPS) is 11.9. The molecule has 0 bridgehead atoms. The maximum atomic E-state index is 13.1. The highest BCUT2D eigenvalue weighted by molar-refractivity contribution is 8.00. The molecule has 1 aromatic heterocycles. The zero-order chi connectivity index (χ0) is 21.6. The minimum Gasteiger partial charge on any atom is -0.344 e. The number of benzene rings is 3. The topological polar surface area (TPSA) is 85.8 Å². The number of rotatable bonds is 7. The second-order valence-corrected chi connectivity index (χ2v) is 8.37. The number of nitrogens with two attached hydrogens (primary N) is 1. The molecule has 31 heavy (non-hydrogen) atoms. The van der Waals surface area contributed by atoms with Gasteiger partial charge in [-0.1, -0.05) is 103 Å². The number of carbonyl (C=O) groups excluding carboxylic acids is 1. The minimum absolute atomic E-state index is 0.105. The van der Waals surface area contributed by atoms with Crippen LogP contribution in [0.25, 0.3) is 11.4 Å². The summed E-state index contributed by atoms with van der Waals surface area (Å²) < 4.78 is 1.43. The lowest BCUT2D eigenvalue weighted by molar-refractivity contribution is -0.120. The van der Waals surface area contributed by atoms with Crippen LogP contribution in [0.3, 0.4) is 0 Å². The third-order valence-electron chi connectivity index (χ3n) is 4.90. The molecule has 0 saturated carbocycles. The van der Waals surface area contributed by atoms with Gasteiger partial charge in [-0.2, -0.15) is 0 Å². The maximum absolute atomic E-state index is 13.1. The fourth-order valence-electron chi connectivity index (χ4n) is 3.26. The number of aromatic nitrogens is 3. The smallest absolute Gasteiger partial charge is 0.234 e. The minimum atomic E-state index is -0.412. The number of nitrogens with zero attached hydrogens (tertiary/aromatic N) is 3. The van der Waals surface area contributed by atoms with E-state index in [4.69, 9.17) is 5.84 Å². The number of carbonyl (C=O) groups is 1. The molecule has 0 aliphatic heterocycles. The Morgan fingerprint density at radius 2 is 1.39 bits per heavy atom. The molecule has 0 spiro atoms. The van der Waals surface area contributed by atoms with Gasteiger partial charge in [0, 0.05) is 5.56 Å². The third kappa shape index (κ3) is 4.78. The largest absolute Gasteiger partial charge is 0.344 e. The van der Waals surface area contributed by atoms with Gasteiger partial charge in [-0.3, -0.25) is 4.79 Å². The van der Waals surface area contributed by atoms with Crippen molar-refractivity contribution in [2.45, 2.75) is 23.4 Å².